The second kappa shape index (κ2) is 8.36. The molecule has 33 heavy (non-hydrogen) atoms. The highest BCUT2D eigenvalue weighted by Crippen LogP contribution is 2.68. The number of ether oxygens (including phenoxy) is 1. The van der Waals surface area contributed by atoms with Crippen LogP contribution in [0.3, 0.4) is 0 Å². The first-order chi connectivity index (χ1) is 15.6. The molecule has 0 aromatic heterocycles. The highest BCUT2D eigenvalue weighted by Gasteiger charge is 2.63. The Morgan fingerprint density at radius 2 is 1.64 bits per heavy atom. The van der Waals surface area contributed by atoms with Gasteiger partial charge in [-0.1, -0.05) is 19.4 Å². The Kier molecular flexibility index (Phi) is 6.04. The van der Waals surface area contributed by atoms with Gasteiger partial charge in [-0.3, -0.25) is 0 Å². The molecule has 1 aliphatic heterocycles. The van der Waals surface area contributed by atoms with Crippen molar-refractivity contribution in [2.75, 3.05) is 20.6 Å². The van der Waals surface area contributed by atoms with Crippen LogP contribution in [0, 0.1) is 40.4 Å². The second-order valence-electron chi connectivity index (χ2n) is 13.4. The fourth-order valence-corrected chi connectivity index (χ4v) is 9.76. The fourth-order valence-electron chi connectivity index (χ4n) is 9.76. The smallest absolute Gasteiger partial charge is 0.335 e. The lowest BCUT2D eigenvalue weighted by molar-refractivity contribution is -0.176. The Hall–Kier alpha value is -0.870. The average Bonchev–Trinajstić information content (AvgIpc) is 3.01. The van der Waals surface area contributed by atoms with E-state index in [2.05, 4.69) is 45.1 Å². The summed E-state index contributed by atoms with van der Waals surface area (Å²) in [6, 6.07) is 0.991. The zero-order valence-electron chi connectivity index (χ0n) is 22.2. The van der Waals surface area contributed by atoms with Gasteiger partial charge in [0.05, 0.1) is 0 Å². The number of allylic oxidation sites excluding steroid dienone is 1. The van der Waals surface area contributed by atoms with Gasteiger partial charge in [-0.25, -0.2) is 4.79 Å². The average molecular weight is 457 g/mol. The molecule has 1 saturated heterocycles. The van der Waals surface area contributed by atoms with E-state index in [1.165, 1.54) is 44.9 Å². The van der Waals surface area contributed by atoms with Crippen LogP contribution in [0.5, 0.6) is 0 Å². The molecule has 4 aliphatic carbocycles. The molecule has 0 spiro atoms. The minimum Gasteiger partial charge on any atom is -0.457 e. The first-order valence-corrected chi connectivity index (χ1v) is 13.8. The van der Waals surface area contributed by atoms with Crippen LogP contribution >= 0.6 is 0 Å². The van der Waals surface area contributed by atoms with Gasteiger partial charge in [-0.15, -0.1) is 0 Å². The SMILES string of the molecule is CC(C)=C1CN[C@H]2CC[C@]3(C)[C@H]4CC[C@@]5(C)[C@H](CC[C@H]5[C@@H](C)N(C)C)[C@@H]4CC[C@H]3[C@H]2OC1=O. The number of nitrogens with zero attached hydrogens (tertiary/aromatic N) is 1. The normalized spacial score (nSPS) is 48.2. The number of carbonyl (C=O) groups excluding carboxylic acids is 1. The summed E-state index contributed by atoms with van der Waals surface area (Å²) in [4.78, 5) is 15.5. The Morgan fingerprint density at radius 3 is 2.33 bits per heavy atom. The molecule has 5 fully saturated rings. The molecule has 0 radical (unpaired) electrons. The Morgan fingerprint density at radius 1 is 0.970 bits per heavy atom. The van der Waals surface area contributed by atoms with Crippen LogP contribution in [0.15, 0.2) is 11.1 Å². The summed E-state index contributed by atoms with van der Waals surface area (Å²) in [5, 5.41) is 3.73. The van der Waals surface area contributed by atoms with Crippen molar-refractivity contribution in [1.29, 1.82) is 0 Å². The Balaban J connectivity index is 1.39. The number of carbonyl (C=O) groups is 1. The molecular formula is C29H48N2O2. The third-order valence-corrected chi connectivity index (χ3v) is 11.8. The van der Waals surface area contributed by atoms with Crippen molar-refractivity contribution in [3.8, 4) is 0 Å². The van der Waals surface area contributed by atoms with E-state index in [1.807, 2.05) is 13.8 Å². The van der Waals surface area contributed by atoms with Crippen molar-refractivity contribution in [3.05, 3.63) is 11.1 Å². The third kappa shape index (κ3) is 3.56. The standard InChI is InChI=1S/C29H48N2O2/c1-17(2)20-16-30-25-13-15-29(5)23-12-14-28(4)21(18(3)31(6)7)10-11-22(28)19(23)8-9-24(29)26(25)33-27(20)32/h18-19,21-26,30H,8-16H2,1-7H3/t18-,19+,21+,22-,23+,24+,25+,26-,28-,29-/m1/s1. The van der Waals surface area contributed by atoms with E-state index in [4.69, 9.17) is 4.74 Å². The number of esters is 1. The van der Waals surface area contributed by atoms with Crippen LogP contribution in [0.25, 0.3) is 0 Å². The van der Waals surface area contributed by atoms with Gasteiger partial charge in [0.15, 0.2) is 0 Å². The van der Waals surface area contributed by atoms with Crippen molar-refractivity contribution in [3.63, 3.8) is 0 Å². The number of hydrogen-bond acceptors (Lipinski definition) is 4. The molecule has 4 heteroatoms. The molecule has 1 N–H and O–H groups in total. The number of hydrogen-bond donors (Lipinski definition) is 1. The molecule has 10 atom stereocenters. The molecule has 1 heterocycles. The van der Waals surface area contributed by atoms with Gasteiger partial charge in [0, 0.05) is 30.1 Å². The maximum Gasteiger partial charge on any atom is 0.335 e. The van der Waals surface area contributed by atoms with Gasteiger partial charge in [-0.2, -0.15) is 0 Å². The van der Waals surface area contributed by atoms with Crippen LogP contribution < -0.4 is 5.32 Å². The topological polar surface area (TPSA) is 41.6 Å². The predicted octanol–water partition coefficient (Wildman–Crippen LogP) is 5.43. The molecule has 4 nitrogen and oxygen atoms in total. The van der Waals surface area contributed by atoms with Crippen molar-refractivity contribution in [1.82, 2.24) is 10.2 Å². The van der Waals surface area contributed by atoms with Gasteiger partial charge in [-0.05, 0) is 121 Å². The second-order valence-corrected chi connectivity index (χ2v) is 13.4. The lowest BCUT2D eigenvalue weighted by atomic mass is 9.44. The maximum absolute atomic E-state index is 13.0. The van der Waals surface area contributed by atoms with Crippen LogP contribution in [-0.4, -0.2) is 49.7 Å². The van der Waals surface area contributed by atoms with Gasteiger partial charge in [0.1, 0.15) is 6.10 Å². The largest absolute Gasteiger partial charge is 0.457 e. The summed E-state index contributed by atoms with van der Waals surface area (Å²) in [7, 11) is 4.53. The fraction of sp³-hybridized carbons (Fsp3) is 0.897. The molecule has 4 saturated carbocycles. The molecule has 0 amide bonds. The Bertz CT molecular complexity index is 816. The first-order valence-electron chi connectivity index (χ1n) is 13.8. The highest BCUT2D eigenvalue weighted by atomic mass is 16.5. The highest BCUT2D eigenvalue weighted by molar-refractivity contribution is 5.90. The van der Waals surface area contributed by atoms with E-state index in [0.717, 1.165) is 41.2 Å². The minimum atomic E-state index is -0.0612. The maximum atomic E-state index is 13.0. The summed E-state index contributed by atoms with van der Waals surface area (Å²) in [6.45, 7) is 12.4. The molecule has 0 aromatic carbocycles. The van der Waals surface area contributed by atoms with E-state index in [1.54, 1.807) is 0 Å². The molecule has 0 unspecified atom stereocenters. The van der Waals surface area contributed by atoms with Crippen molar-refractivity contribution < 1.29 is 9.53 Å². The van der Waals surface area contributed by atoms with E-state index in [9.17, 15) is 4.79 Å². The van der Waals surface area contributed by atoms with Gasteiger partial charge >= 0.3 is 5.97 Å². The van der Waals surface area contributed by atoms with Crippen molar-refractivity contribution in [2.24, 2.45) is 40.4 Å². The van der Waals surface area contributed by atoms with Crippen molar-refractivity contribution in [2.45, 2.75) is 104 Å². The van der Waals surface area contributed by atoms with Crippen LogP contribution in [-0.2, 0) is 9.53 Å². The Labute approximate surface area is 202 Å². The van der Waals surface area contributed by atoms with Crippen LogP contribution in [0.1, 0.15) is 86.0 Å². The summed E-state index contributed by atoms with van der Waals surface area (Å²) in [5.74, 6) is 3.82. The minimum absolute atomic E-state index is 0.0486. The predicted molar refractivity (Wildman–Crippen MR) is 134 cm³/mol. The number of fused-ring (bicyclic) bond motifs is 7. The van der Waals surface area contributed by atoms with E-state index >= 15 is 0 Å². The third-order valence-electron chi connectivity index (χ3n) is 11.8. The molecule has 0 bridgehead atoms. The zero-order valence-corrected chi connectivity index (χ0v) is 22.2. The van der Waals surface area contributed by atoms with E-state index < -0.39 is 0 Å². The molecular weight excluding hydrogens is 408 g/mol. The summed E-state index contributed by atoms with van der Waals surface area (Å²) in [6.07, 6.45) is 10.6. The quantitative estimate of drug-likeness (QED) is 0.445. The van der Waals surface area contributed by atoms with E-state index in [-0.39, 0.29) is 12.1 Å². The summed E-state index contributed by atoms with van der Waals surface area (Å²) in [5.41, 5.74) is 2.75. The van der Waals surface area contributed by atoms with Gasteiger partial charge < -0.3 is 15.0 Å². The van der Waals surface area contributed by atoms with Gasteiger partial charge in [0.2, 0.25) is 0 Å². The van der Waals surface area contributed by atoms with Gasteiger partial charge in [0.25, 0.3) is 0 Å². The zero-order chi connectivity index (χ0) is 23.7. The monoisotopic (exact) mass is 456 g/mol. The summed E-state index contributed by atoms with van der Waals surface area (Å²) >= 11 is 0. The molecule has 186 valence electrons. The molecule has 0 aromatic rings. The molecule has 5 rings (SSSR count). The number of rotatable bonds is 2. The van der Waals surface area contributed by atoms with Crippen LogP contribution in [0.2, 0.25) is 0 Å². The lowest BCUT2D eigenvalue weighted by Gasteiger charge is -2.62. The lowest BCUT2D eigenvalue weighted by Crippen LogP contribution is -2.61. The summed E-state index contributed by atoms with van der Waals surface area (Å²) < 4.78 is 6.32. The van der Waals surface area contributed by atoms with Crippen LogP contribution in [0.4, 0.5) is 0 Å². The molecule has 5 aliphatic rings. The van der Waals surface area contributed by atoms with Crippen molar-refractivity contribution >= 4 is 5.97 Å². The van der Waals surface area contributed by atoms with E-state index in [0.29, 0.717) is 35.4 Å². The first kappa shape index (κ1) is 23.9. The number of nitrogens with one attached hydrogen (secondary N) is 1.